The Morgan fingerprint density at radius 1 is 1.09 bits per heavy atom. The summed E-state index contributed by atoms with van der Waals surface area (Å²) >= 11 is 0. The molecule has 1 heterocycles. The molecule has 2 amide bonds. The number of carbonyl (C=O) groups excluding carboxylic acids is 2. The minimum Gasteiger partial charge on any atom is -0.368 e. The van der Waals surface area contributed by atoms with Crippen molar-refractivity contribution in [2.24, 2.45) is 5.73 Å². The van der Waals surface area contributed by atoms with Crippen molar-refractivity contribution in [3.63, 3.8) is 0 Å². The molecule has 1 unspecified atom stereocenters. The molecule has 3 rings (SSSR count). The van der Waals surface area contributed by atoms with Crippen LogP contribution in [-0.4, -0.2) is 29.3 Å². The molecule has 0 bridgehead atoms. The first kappa shape index (κ1) is 14.3. The van der Waals surface area contributed by atoms with Crippen molar-refractivity contribution in [1.82, 2.24) is 4.90 Å². The van der Waals surface area contributed by atoms with Gasteiger partial charge >= 0.3 is 0 Å². The van der Waals surface area contributed by atoms with Crippen molar-refractivity contribution in [1.29, 1.82) is 0 Å². The van der Waals surface area contributed by atoms with Gasteiger partial charge in [0.25, 0.3) is 5.91 Å². The Bertz CT molecular complexity index is 728. The zero-order valence-corrected chi connectivity index (χ0v) is 11.8. The van der Waals surface area contributed by atoms with Crippen molar-refractivity contribution in [3.8, 4) is 11.1 Å². The molecular formula is C17H15FN2O2. The molecule has 2 aromatic carbocycles. The molecule has 1 aliphatic rings. The fraction of sp³-hybridized carbons (Fsp3) is 0.176. The Kier molecular flexibility index (Phi) is 3.63. The summed E-state index contributed by atoms with van der Waals surface area (Å²) in [6.45, 7) is 0.518. The monoisotopic (exact) mass is 298 g/mol. The second-order valence-corrected chi connectivity index (χ2v) is 5.26. The Morgan fingerprint density at radius 3 is 2.36 bits per heavy atom. The largest absolute Gasteiger partial charge is 0.368 e. The van der Waals surface area contributed by atoms with Crippen LogP contribution in [0.4, 0.5) is 4.39 Å². The fourth-order valence-corrected chi connectivity index (χ4v) is 2.63. The third-order valence-corrected chi connectivity index (χ3v) is 3.92. The van der Waals surface area contributed by atoms with Crippen LogP contribution in [0.25, 0.3) is 11.1 Å². The molecule has 22 heavy (non-hydrogen) atoms. The molecule has 0 aliphatic carbocycles. The molecule has 2 aromatic rings. The van der Waals surface area contributed by atoms with E-state index in [4.69, 9.17) is 5.73 Å². The van der Waals surface area contributed by atoms with Gasteiger partial charge in [0.2, 0.25) is 5.91 Å². The van der Waals surface area contributed by atoms with E-state index in [0.717, 1.165) is 5.56 Å². The molecule has 0 saturated carbocycles. The van der Waals surface area contributed by atoms with Crippen molar-refractivity contribution in [3.05, 3.63) is 59.9 Å². The van der Waals surface area contributed by atoms with Gasteiger partial charge in [-0.25, -0.2) is 4.39 Å². The zero-order chi connectivity index (χ0) is 15.7. The lowest BCUT2D eigenvalue weighted by Gasteiger charge is -2.39. The highest BCUT2D eigenvalue weighted by molar-refractivity contribution is 6.03. The van der Waals surface area contributed by atoms with Crippen molar-refractivity contribution < 1.29 is 14.0 Å². The number of hydrogen-bond acceptors (Lipinski definition) is 2. The van der Waals surface area contributed by atoms with E-state index in [-0.39, 0.29) is 11.7 Å². The minimum atomic E-state index is -0.534. The Hall–Kier alpha value is -2.69. The SMILES string of the molecule is NC(=O)C1CCN1C(=O)c1ccccc1-c1ccc(F)cc1. The first-order valence-corrected chi connectivity index (χ1v) is 7.03. The van der Waals surface area contributed by atoms with E-state index >= 15 is 0 Å². The second-order valence-electron chi connectivity index (χ2n) is 5.26. The third-order valence-electron chi connectivity index (χ3n) is 3.92. The maximum atomic E-state index is 13.1. The minimum absolute atomic E-state index is 0.227. The summed E-state index contributed by atoms with van der Waals surface area (Å²) < 4.78 is 13.1. The predicted octanol–water partition coefficient (Wildman–Crippen LogP) is 2.19. The number of primary amides is 1. The van der Waals surface area contributed by atoms with Gasteiger partial charge in [-0.2, -0.15) is 0 Å². The summed E-state index contributed by atoms with van der Waals surface area (Å²) in [7, 11) is 0. The number of amides is 2. The molecule has 2 N–H and O–H groups in total. The molecule has 1 saturated heterocycles. The normalized spacial score (nSPS) is 17.0. The molecule has 112 valence electrons. The van der Waals surface area contributed by atoms with Gasteiger partial charge in [0.15, 0.2) is 0 Å². The van der Waals surface area contributed by atoms with Gasteiger partial charge in [-0.1, -0.05) is 30.3 Å². The van der Waals surface area contributed by atoms with E-state index in [0.29, 0.717) is 24.1 Å². The molecule has 1 aliphatic heterocycles. The third kappa shape index (κ3) is 2.45. The Balaban J connectivity index is 1.96. The average molecular weight is 298 g/mol. The van der Waals surface area contributed by atoms with Crippen LogP contribution in [0.2, 0.25) is 0 Å². The number of rotatable bonds is 3. The second kappa shape index (κ2) is 5.60. The maximum absolute atomic E-state index is 13.1. The van der Waals surface area contributed by atoms with E-state index in [9.17, 15) is 14.0 Å². The van der Waals surface area contributed by atoms with E-state index in [1.807, 2.05) is 6.07 Å². The first-order chi connectivity index (χ1) is 10.6. The van der Waals surface area contributed by atoms with Crippen LogP contribution in [0, 0.1) is 5.82 Å². The van der Waals surface area contributed by atoms with Crippen LogP contribution in [0.15, 0.2) is 48.5 Å². The fourth-order valence-electron chi connectivity index (χ4n) is 2.63. The van der Waals surface area contributed by atoms with Crippen molar-refractivity contribution in [2.75, 3.05) is 6.54 Å². The lowest BCUT2D eigenvalue weighted by atomic mass is 9.95. The summed E-state index contributed by atoms with van der Waals surface area (Å²) in [6.07, 6.45) is 0.597. The van der Waals surface area contributed by atoms with Gasteiger partial charge in [0.1, 0.15) is 11.9 Å². The number of hydrogen-bond donors (Lipinski definition) is 1. The van der Waals surface area contributed by atoms with Crippen LogP contribution in [0.5, 0.6) is 0 Å². The highest BCUT2D eigenvalue weighted by atomic mass is 19.1. The topological polar surface area (TPSA) is 63.4 Å². The predicted molar refractivity (Wildman–Crippen MR) is 80.5 cm³/mol. The summed E-state index contributed by atoms with van der Waals surface area (Å²) in [5, 5.41) is 0. The molecule has 1 atom stereocenters. The lowest BCUT2D eigenvalue weighted by molar-refractivity contribution is -0.125. The van der Waals surface area contributed by atoms with Crippen LogP contribution in [-0.2, 0) is 4.79 Å². The highest BCUT2D eigenvalue weighted by Gasteiger charge is 2.37. The molecule has 1 fully saturated rings. The van der Waals surface area contributed by atoms with E-state index < -0.39 is 11.9 Å². The summed E-state index contributed by atoms with van der Waals surface area (Å²) in [5.74, 6) is -1.04. The van der Waals surface area contributed by atoms with Crippen molar-refractivity contribution >= 4 is 11.8 Å². The van der Waals surface area contributed by atoms with Gasteiger partial charge in [-0.3, -0.25) is 9.59 Å². The number of likely N-dealkylation sites (tertiary alicyclic amines) is 1. The van der Waals surface area contributed by atoms with Crippen molar-refractivity contribution in [2.45, 2.75) is 12.5 Å². The zero-order valence-electron chi connectivity index (χ0n) is 11.8. The number of halogens is 1. The van der Waals surface area contributed by atoms with Crippen LogP contribution in [0.1, 0.15) is 16.8 Å². The lowest BCUT2D eigenvalue weighted by Crippen LogP contribution is -2.57. The summed E-state index contributed by atoms with van der Waals surface area (Å²) in [4.78, 5) is 25.4. The van der Waals surface area contributed by atoms with Crippen LogP contribution >= 0.6 is 0 Å². The first-order valence-electron chi connectivity index (χ1n) is 7.03. The molecule has 5 heteroatoms. The van der Waals surface area contributed by atoms with Gasteiger partial charge in [-0.15, -0.1) is 0 Å². The molecule has 0 radical (unpaired) electrons. The quantitative estimate of drug-likeness (QED) is 0.944. The number of nitrogens with two attached hydrogens (primary N) is 1. The van der Waals surface area contributed by atoms with E-state index in [2.05, 4.69) is 0 Å². The van der Waals surface area contributed by atoms with Gasteiger partial charge in [0, 0.05) is 12.1 Å². The van der Waals surface area contributed by atoms with E-state index in [1.54, 1.807) is 30.3 Å². The average Bonchev–Trinajstić information content (AvgIpc) is 2.46. The van der Waals surface area contributed by atoms with E-state index in [1.165, 1.54) is 17.0 Å². The van der Waals surface area contributed by atoms with Gasteiger partial charge in [-0.05, 0) is 35.7 Å². The Morgan fingerprint density at radius 2 is 1.77 bits per heavy atom. The number of nitrogens with zero attached hydrogens (tertiary/aromatic N) is 1. The highest BCUT2D eigenvalue weighted by Crippen LogP contribution is 2.28. The molecule has 0 aromatic heterocycles. The number of carbonyl (C=O) groups is 2. The smallest absolute Gasteiger partial charge is 0.255 e. The number of benzene rings is 2. The van der Waals surface area contributed by atoms with Gasteiger partial charge < -0.3 is 10.6 Å². The molecule has 0 spiro atoms. The Labute approximate surface area is 127 Å². The summed E-state index contributed by atoms with van der Waals surface area (Å²) in [5.41, 5.74) is 7.24. The van der Waals surface area contributed by atoms with Crippen LogP contribution < -0.4 is 5.73 Å². The molecule has 4 nitrogen and oxygen atoms in total. The van der Waals surface area contributed by atoms with Gasteiger partial charge in [0.05, 0.1) is 0 Å². The molecular weight excluding hydrogens is 283 g/mol. The van der Waals surface area contributed by atoms with Crippen LogP contribution in [0.3, 0.4) is 0 Å². The maximum Gasteiger partial charge on any atom is 0.255 e. The standard InChI is InChI=1S/C17H15FN2O2/c18-12-7-5-11(6-8-12)13-3-1-2-4-14(13)17(22)20-10-9-15(20)16(19)21/h1-8,15H,9-10H2,(H2,19,21). The summed E-state index contributed by atoms with van der Waals surface area (Å²) in [6, 6.07) is 12.5.